The summed E-state index contributed by atoms with van der Waals surface area (Å²) in [5.74, 6) is -0.718. The van der Waals surface area contributed by atoms with Gasteiger partial charge in [-0.3, -0.25) is 4.98 Å². The van der Waals surface area contributed by atoms with E-state index in [0.717, 1.165) is 17.8 Å². The van der Waals surface area contributed by atoms with E-state index in [2.05, 4.69) is 15.0 Å². The van der Waals surface area contributed by atoms with Gasteiger partial charge in [-0.15, -0.1) is 0 Å². The van der Waals surface area contributed by atoms with E-state index in [-0.39, 0.29) is 17.8 Å². The summed E-state index contributed by atoms with van der Waals surface area (Å²) in [5, 5.41) is 3.31. The number of carbonyl (C=O) groups excluding carboxylic acids is 1. The Morgan fingerprint density at radius 2 is 2.00 bits per heavy atom. The normalized spacial score (nSPS) is 11.8. The molecule has 1 atom stereocenters. The van der Waals surface area contributed by atoms with Crippen molar-refractivity contribution in [3.8, 4) is 0 Å². The fraction of sp³-hybridized carbons (Fsp3) is 0.250. The number of halogens is 1. The summed E-state index contributed by atoms with van der Waals surface area (Å²) < 4.78 is 17.6. The highest BCUT2D eigenvalue weighted by Crippen LogP contribution is 2.21. The van der Waals surface area contributed by atoms with Gasteiger partial charge in [0.05, 0.1) is 30.6 Å². The van der Waals surface area contributed by atoms with Crippen molar-refractivity contribution < 1.29 is 13.9 Å². The molecule has 1 aromatic heterocycles. The smallest absolute Gasteiger partial charge is 0.337 e. The molecule has 2 rings (SSSR count). The van der Waals surface area contributed by atoms with Crippen LogP contribution in [0.15, 0.2) is 42.6 Å². The van der Waals surface area contributed by atoms with Gasteiger partial charge in [0, 0.05) is 5.69 Å². The first-order valence-electron chi connectivity index (χ1n) is 6.70. The second-order valence-corrected chi connectivity index (χ2v) is 4.58. The molecule has 21 heavy (non-hydrogen) atoms. The molecular weight excluding hydrogens is 271 g/mol. The predicted molar refractivity (Wildman–Crippen MR) is 78.6 cm³/mol. The van der Waals surface area contributed by atoms with Crippen LogP contribution in [0.2, 0.25) is 0 Å². The minimum atomic E-state index is -0.367. The average Bonchev–Trinajstić information content (AvgIpc) is 2.53. The van der Waals surface area contributed by atoms with Crippen molar-refractivity contribution in [2.24, 2.45) is 0 Å². The molecule has 0 aliphatic rings. The van der Waals surface area contributed by atoms with E-state index < -0.39 is 0 Å². The minimum Gasteiger partial charge on any atom is -0.465 e. The van der Waals surface area contributed by atoms with E-state index in [1.807, 2.05) is 6.92 Å². The van der Waals surface area contributed by atoms with E-state index in [9.17, 15) is 9.18 Å². The van der Waals surface area contributed by atoms with Crippen LogP contribution in [0.5, 0.6) is 0 Å². The Hall–Kier alpha value is -2.43. The van der Waals surface area contributed by atoms with Crippen LogP contribution < -0.4 is 5.32 Å². The van der Waals surface area contributed by atoms with Gasteiger partial charge in [-0.1, -0.05) is 6.92 Å². The molecule has 110 valence electrons. The molecule has 1 heterocycles. The fourth-order valence-electron chi connectivity index (χ4n) is 2.00. The Balaban J connectivity index is 2.11. The summed E-state index contributed by atoms with van der Waals surface area (Å²) in [5.41, 5.74) is 2.13. The Kier molecular flexibility index (Phi) is 4.87. The highest BCUT2D eigenvalue weighted by molar-refractivity contribution is 5.89. The number of hydrogen-bond donors (Lipinski definition) is 1. The second-order valence-electron chi connectivity index (χ2n) is 4.58. The van der Waals surface area contributed by atoms with Crippen LogP contribution in [0.3, 0.4) is 0 Å². The monoisotopic (exact) mass is 288 g/mol. The van der Waals surface area contributed by atoms with Gasteiger partial charge in [0.15, 0.2) is 0 Å². The van der Waals surface area contributed by atoms with Crippen molar-refractivity contribution in [1.82, 2.24) is 4.98 Å². The lowest BCUT2D eigenvalue weighted by atomic mass is 10.1. The number of nitrogens with one attached hydrogen (secondary N) is 1. The van der Waals surface area contributed by atoms with Crippen molar-refractivity contribution in [1.29, 1.82) is 0 Å². The summed E-state index contributed by atoms with van der Waals surface area (Å²) in [6.45, 7) is 2.02. The molecule has 0 radical (unpaired) electrons. The van der Waals surface area contributed by atoms with Gasteiger partial charge in [0.25, 0.3) is 0 Å². The zero-order valence-electron chi connectivity index (χ0n) is 12.0. The number of esters is 1. The van der Waals surface area contributed by atoms with Crippen LogP contribution in [0, 0.1) is 5.82 Å². The zero-order chi connectivity index (χ0) is 15.2. The summed E-state index contributed by atoms with van der Waals surface area (Å²) in [4.78, 5) is 15.5. The number of anilines is 1. The second kappa shape index (κ2) is 6.83. The SMILES string of the molecule is CCC(Nc1ccc(C(=O)OC)cc1)c1ccc(F)cn1. The molecule has 0 fully saturated rings. The topological polar surface area (TPSA) is 51.2 Å². The Morgan fingerprint density at radius 3 is 2.52 bits per heavy atom. The molecule has 0 aliphatic heterocycles. The summed E-state index contributed by atoms with van der Waals surface area (Å²) >= 11 is 0. The number of pyridine rings is 1. The highest BCUT2D eigenvalue weighted by atomic mass is 19.1. The van der Waals surface area contributed by atoms with E-state index in [1.54, 1.807) is 30.3 Å². The first-order chi connectivity index (χ1) is 10.1. The van der Waals surface area contributed by atoms with Gasteiger partial charge in [-0.05, 0) is 42.8 Å². The first-order valence-corrected chi connectivity index (χ1v) is 6.70. The molecule has 1 aromatic carbocycles. The third kappa shape index (κ3) is 3.78. The van der Waals surface area contributed by atoms with Crippen LogP contribution >= 0.6 is 0 Å². The molecule has 0 spiro atoms. The summed E-state index contributed by atoms with van der Waals surface area (Å²) in [6.07, 6.45) is 2.01. The molecule has 0 bridgehead atoms. The molecule has 1 N–H and O–H groups in total. The maximum atomic E-state index is 12.9. The lowest BCUT2D eigenvalue weighted by Gasteiger charge is -2.18. The van der Waals surface area contributed by atoms with Crippen molar-refractivity contribution in [2.45, 2.75) is 19.4 Å². The van der Waals surface area contributed by atoms with Gasteiger partial charge in [0.1, 0.15) is 5.82 Å². The Bertz CT molecular complexity index is 597. The van der Waals surface area contributed by atoms with Crippen LogP contribution in [-0.2, 0) is 4.74 Å². The van der Waals surface area contributed by atoms with E-state index >= 15 is 0 Å². The number of rotatable bonds is 5. The lowest BCUT2D eigenvalue weighted by molar-refractivity contribution is 0.0601. The number of carbonyl (C=O) groups is 1. The van der Waals surface area contributed by atoms with Crippen molar-refractivity contribution in [3.63, 3.8) is 0 Å². The zero-order valence-corrected chi connectivity index (χ0v) is 12.0. The lowest BCUT2D eigenvalue weighted by Crippen LogP contribution is -2.11. The fourth-order valence-corrected chi connectivity index (χ4v) is 2.00. The maximum Gasteiger partial charge on any atom is 0.337 e. The Morgan fingerprint density at radius 1 is 1.29 bits per heavy atom. The quantitative estimate of drug-likeness (QED) is 0.855. The van der Waals surface area contributed by atoms with Crippen LogP contribution in [0.1, 0.15) is 35.4 Å². The van der Waals surface area contributed by atoms with Gasteiger partial charge in [0.2, 0.25) is 0 Å². The molecule has 4 nitrogen and oxygen atoms in total. The summed E-state index contributed by atoms with van der Waals surface area (Å²) in [7, 11) is 1.35. The van der Waals surface area contributed by atoms with Gasteiger partial charge >= 0.3 is 5.97 Å². The number of aromatic nitrogens is 1. The molecule has 1 unspecified atom stereocenters. The highest BCUT2D eigenvalue weighted by Gasteiger charge is 2.11. The third-order valence-electron chi connectivity index (χ3n) is 3.16. The average molecular weight is 288 g/mol. The molecule has 0 saturated heterocycles. The van der Waals surface area contributed by atoms with Crippen molar-refractivity contribution in [3.05, 3.63) is 59.7 Å². The maximum absolute atomic E-state index is 12.9. The molecule has 0 amide bonds. The van der Waals surface area contributed by atoms with Crippen LogP contribution in [-0.4, -0.2) is 18.1 Å². The molecular formula is C16H17FN2O2. The van der Waals surface area contributed by atoms with Gasteiger partial charge in [-0.2, -0.15) is 0 Å². The molecule has 5 heteroatoms. The van der Waals surface area contributed by atoms with E-state index in [0.29, 0.717) is 5.56 Å². The molecule has 0 saturated carbocycles. The number of hydrogen-bond acceptors (Lipinski definition) is 4. The standard InChI is InChI=1S/C16H17FN2O2/c1-3-14(15-9-6-12(17)10-18-15)19-13-7-4-11(5-8-13)16(20)21-2/h4-10,14,19H,3H2,1-2H3. The van der Waals surface area contributed by atoms with E-state index in [1.165, 1.54) is 19.4 Å². The number of benzene rings is 1. The summed E-state index contributed by atoms with van der Waals surface area (Å²) in [6, 6.07) is 10.0. The van der Waals surface area contributed by atoms with Crippen LogP contribution in [0.25, 0.3) is 0 Å². The number of ether oxygens (including phenoxy) is 1. The van der Waals surface area contributed by atoms with Crippen LogP contribution in [0.4, 0.5) is 10.1 Å². The minimum absolute atomic E-state index is 0.0189. The molecule has 0 aliphatic carbocycles. The molecule has 2 aromatic rings. The number of nitrogens with zero attached hydrogens (tertiary/aromatic N) is 1. The van der Waals surface area contributed by atoms with E-state index in [4.69, 9.17) is 0 Å². The third-order valence-corrected chi connectivity index (χ3v) is 3.16. The van der Waals surface area contributed by atoms with Crippen molar-refractivity contribution in [2.75, 3.05) is 12.4 Å². The number of methoxy groups -OCH3 is 1. The van der Waals surface area contributed by atoms with Gasteiger partial charge < -0.3 is 10.1 Å². The largest absolute Gasteiger partial charge is 0.465 e. The van der Waals surface area contributed by atoms with Crippen molar-refractivity contribution >= 4 is 11.7 Å². The van der Waals surface area contributed by atoms with Gasteiger partial charge in [-0.25, -0.2) is 9.18 Å². The first kappa shape index (κ1) is 15.0. The Labute approximate surface area is 123 Å². The predicted octanol–water partition coefficient (Wildman–Crippen LogP) is 3.57.